The van der Waals surface area contributed by atoms with Crippen LogP contribution in [0.2, 0.25) is 0 Å². The van der Waals surface area contributed by atoms with Crippen molar-refractivity contribution in [3.63, 3.8) is 0 Å². The van der Waals surface area contributed by atoms with Crippen LogP contribution in [0.3, 0.4) is 0 Å². The summed E-state index contributed by atoms with van der Waals surface area (Å²) in [5, 5.41) is 22.4. The first-order valence-electron chi connectivity index (χ1n) is 8.77. The molecule has 9 heteroatoms. The quantitative estimate of drug-likeness (QED) is 0.531. The molecule has 0 aliphatic rings. The van der Waals surface area contributed by atoms with E-state index >= 15 is 0 Å². The highest BCUT2D eigenvalue weighted by molar-refractivity contribution is 5.80. The summed E-state index contributed by atoms with van der Waals surface area (Å²) in [5.74, 6) is -0.269. The predicted molar refractivity (Wildman–Crippen MR) is 104 cm³/mol. The average Bonchev–Trinajstić information content (AvgIpc) is 2.61. The fourth-order valence-corrected chi connectivity index (χ4v) is 2.35. The molecular weight excluding hydrogens is 380 g/mol. The first kappa shape index (κ1) is 21.7. The zero-order chi connectivity index (χ0) is 21.6. The molecule has 0 saturated carbocycles. The highest BCUT2D eigenvalue weighted by atomic mass is 16.6. The van der Waals surface area contributed by atoms with Crippen LogP contribution < -0.4 is 10.1 Å². The number of rotatable bonds is 7. The number of nitro groups is 1. The van der Waals surface area contributed by atoms with Crippen molar-refractivity contribution < 1.29 is 29.1 Å². The van der Waals surface area contributed by atoms with Gasteiger partial charge in [-0.1, -0.05) is 12.1 Å². The fraction of sp³-hybridized carbons (Fsp3) is 0.300. The van der Waals surface area contributed by atoms with Crippen molar-refractivity contribution in [3.05, 3.63) is 64.2 Å². The standard InChI is InChI=1S/C20H22N2O7/c1-20(2,3)29-19(25)21-17(18(23)24)12-13-4-8-15(9-5-13)28-16-10-6-14(7-11-16)22(26)27/h4-11,17H,12H2,1-3H3,(H,21,25)(H,23,24)/t17-/m0/s1. The van der Waals surface area contributed by atoms with Crippen molar-refractivity contribution in [2.24, 2.45) is 0 Å². The molecule has 29 heavy (non-hydrogen) atoms. The van der Waals surface area contributed by atoms with Crippen LogP contribution in [0.15, 0.2) is 48.5 Å². The van der Waals surface area contributed by atoms with Crippen molar-refractivity contribution in [2.75, 3.05) is 0 Å². The zero-order valence-electron chi connectivity index (χ0n) is 16.2. The maximum atomic E-state index is 11.8. The maximum absolute atomic E-state index is 11.8. The first-order chi connectivity index (χ1) is 13.5. The van der Waals surface area contributed by atoms with Gasteiger partial charge in [0.2, 0.25) is 0 Å². The molecule has 0 radical (unpaired) electrons. The molecule has 0 unspecified atom stereocenters. The molecule has 0 aliphatic heterocycles. The van der Waals surface area contributed by atoms with Crippen LogP contribution in [0.4, 0.5) is 10.5 Å². The van der Waals surface area contributed by atoms with E-state index in [-0.39, 0.29) is 12.1 Å². The van der Waals surface area contributed by atoms with Gasteiger partial charge in [0.05, 0.1) is 4.92 Å². The molecule has 1 amide bonds. The third-order valence-corrected chi connectivity index (χ3v) is 3.64. The van der Waals surface area contributed by atoms with Gasteiger partial charge in [0.25, 0.3) is 5.69 Å². The molecule has 0 aliphatic carbocycles. The zero-order valence-corrected chi connectivity index (χ0v) is 16.2. The third-order valence-electron chi connectivity index (χ3n) is 3.64. The minimum atomic E-state index is -1.18. The normalized spacial score (nSPS) is 12.0. The number of amides is 1. The van der Waals surface area contributed by atoms with E-state index < -0.39 is 28.6 Å². The number of non-ortho nitro benzene ring substituents is 1. The number of carboxylic acids is 1. The number of aliphatic carboxylic acids is 1. The van der Waals surface area contributed by atoms with E-state index in [1.165, 1.54) is 24.3 Å². The van der Waals surface area contributed by atoms with Crippen LogP contribution in [0.1, 0.15) is 26.3 Å². The number of carboxylic acid groups (broad SMARTS) is 1. The molecule has 9 nitrogen and oxygen atoms in total. The Morgan fingerprint density at radius 3 is 2.03 bits per heavy atom. The van der Waals surface area contributed by atoms with Crippen molar-refractivity contribution in [1.82, 2.24) is 5.32 Å². The summed E-state index contributed by atoms with van der Waals surface area (Å²) in [6.07, 6.45) is -0.741. The molecule has 2 N–H and O–H groups in total. The van der Waals surface area contributed by atoms with Crippen molar-refractivity contribution >= 4 is 17.7 Å². The smallest absolute Gasteiger partial charge is 0.408 e. The Morgan fingerprint density at radius 1 is 1.07 bits per heavy atom. The van der Waals surface area contributed by atoms with E-state index in [0.29, 0.717) is 17.1 Å². The van der Waals surface area contributed by atoms with Crippen molar-refractivity contribution in [1.29, 1.82) is 0 Å². The van der Waals surface area contributed by atoms with Gasteiger partial charge in [-0.25, -0.2) is 9.59 Å². The molecule has 0 spiro atoms. The maximum Gasteiger partial charge on any atom is 0.408 e. The minimum Gasteiger partial charge on any atom is -0.480 e. The summed E-state index contributed by atoms with van der Waals surface area (Å²) in [6.45, 7) is 5.06. The lowest BCUT2D eigenvalue weighted by Crippen LogP contribution is -2.44. The van der Waals surface area contributed by atoms with Gasteiger partial charge < -0.3 is 19.9 Å². The van der Waals surface area contributed by atoms with Crippen LogP contribution >= 0.6 is 0 Å². The lowest BCUT2D eigenvalue weighted by atomic mass is 10.1. The molecule has 154 valence electrons. The molecule has 0 aromatic heterocycles. The number of carbonyl (C=O) groups excluding carboxylic acids is 1. The summed E-state index contributed by atoms with van der Waals surface area (Å²) in [7, 11) is 0. The summed E-state index contributed by atoms with van der Waals surface area (Å²) < 4.78 is 10.7. The number of nitrogens with zero attached hydrogens (tertiary/aromatic N) is 1. The number of alkyl carbamates (subject to hydrolysis) is 1. The Kier molecular flexibility index (Phi) is 6.76. The Hall–Kier alpha value is -3.62. The van der Waals surface area contributed by atoms with Crippen LogP contribution in [0.5, 0.6) is 11.5 Å². The van der Waals surface area contributed by atoms with E-state index in [1.54, 1.807) is 45.0 Å². The van der Waals surface area contributed by atoms with Gasteiger partial charge in [-0.05, 0) is 50.6 Å². The van der Waals surface area contributed by atoms with E-state index in [0.717, 1.165) is 0 Å². The number of carbonyl (C=O) groups is 2. The van der Waals surface area contributed by atoms with Gasteiger partial charge >= 0.3 is 12.1 Å². The number of ether oxygens (including phenoxy) is 2. The minimum absolute atomic E-state index is 0.0371. The van der Waals surface area contributed by atoms with E-state index in [4.69, 9.17) is 9.47 Å². The number of nitro benzene ring substituents is 1. The van der Waals surface area contributed by atoms with Gasteiger partial charge in [0, 0.05) is 18.6 Å². The van der Waals surface area contributed by atoms with Gasteiger partial charge in [0.15, 0.2) is 0 Å². The van der Waals surface area contributed by atoms with Crippen molar-refractivity contribution in [2.45, 2.75) is 38.8 Å². The second-order valence-corrected chi connectivity index (χ2v) is 7.24. The third kappa shape index (κ3) is 7.13. The number of hydrogen-bond acceptors (Lipinski definition) is 6. The lowest BCUT2D eigenvalue weighted by molar-refractivity contribution is -0.384. The molecule has 2 aromatic carbocycles. The first-order valence-corrected chi connectivity index (χ1v) is 8.77. The highest BCUT2D eigenvalue weighted by Crippen LogP contribution is 2.24. The van der Waals surface area contributed by atoms with Crippen LogP contribution in [-0.2, 0) is 16.0 Å². The second kappa shape index (κ2) is 9.05. The average molecular weight is 402 g/mol. The lowest BCUT2D eigenvalue weighted by Gasteiger charge is -2.22. The number of benzene rings is 2. The highest BCUT2D eigenvalue weighted by Gasteiger charge is 2.24. The molecule has 2 aromatic rings. The fourth-order valence-electron chi connectivity index (χ4n) is 2.35. The molecule has 0 saturated heterocycles. The van der Waals surface area contributed by atoms with Crippen LogP contribution in [0.25, 0.3) is 0 Å². The predicted octanol–water partition coefficient (Wildman–Crippen LogP) is 3.91. The SMILES string of the molecule is CC(C)(C)OC(=O)N[C@@H](Cc1ccc(Oc2ccc([N+](=O)[O-])cc2)cc1)C(=O)O. The number of hydrogen-bond donors (Lipinski definition) is 2. The summed E-state index contributed by atoms with van der Waals surface area (Å²) >= 11 is 0. The second-order valence-electron chi connectivity index (χ2n) is 7.24. The topological polar surface area (TPSA) is 128 Å². The van der Waals surface area contributed by atoms with Crippen LogP contribution in [0, 0.1) is 10.1 Å². The van der Waals surface area contributed by atoms with E-state index in [1.807, 2.05) is 0 Å². The van der Waals surface area contributed by atoms with Gasteiger partial charge in [0.1, 0.15) is 23.1 Å². The van der Waals surface area contributed by atoms with Crippen LogP contribution in [-0.4, -0.2) is 33.7 Å². The Labute approximate surface area is 167 Å². The Bertz CT molecular complexity index is 871. The summed E-state index contributed by atoms with van der Waals surface area (Å²) in [4.78, 5) is 33.4. The molecule has 0 bridgehead atoms. The molecule has 1 atom stereocenters. The van der Waals surface area contributed by atoms with Crippen molar-refractivity contribution in [3.8, 4) is 11.5 Å². The molecule has 0 fully saturated rings. The Morgan fingerprint density at radius 2 is 1.59 bits per heavy atom. The molecule has 2 rings (SSSR count). The number of nitrogens with one attached hydrogen (secondary N) is 1. The monoisotopic (exact) mass is 402 g/mol. The summed E-state index contributed by atoms with van der Waals surface area (Å²) in [5.41, 5.74) is -0.0984. The molecular formula is C20H22N2O7. The summed E-state index contributed by atoms with van der Waals surface area (Å²) in [6, 6.07) is 11.1. The largest absolute Gasteiger partial charge is 0.480 e. The Balaban J connectivity index is 1.99. The van der Waals surface area contributed by atoms with Gasteiger partial charge in [-0.3, -0.25) is 10.1 Å². The molecule has 0 heterocycles. The van der Waals surface area contributed by atoms with E-state index in [2.05, 4.69) is 5.32 Å². The van der Waals surface area contributed by atoms with E-state index in [9.17, 15) is 24.8 Å². The van der Waals surface area contributed by atoms with Gasteiger partial charge in [-0.15, -0.1) is 0 Å². The van der Waals surface area contributed by atoms with Gasteiger partial charge in [-0.2, -0.15) is 0 Å².